The summed E-state index contributed by atoms with van der Waals surface area (Å²) >= 11 is 0. The second-order valence-electron chi connectivity index (χ2n) is 8.40. The average Bonchev–Trinajstić information content (AvgIpc) is 3.05. The number of nitrogens with zero attached hydrogens (tertiary/aromatic N) is 1. The molecule has 1 aliphatic carbocycles. The maximum atomic E-state index is 12.6. The molecule has 0 aromatic heterocycles. The van der Waals surface area contributed by atoms with Gasteiger partial charge in [-0.2, -0.15) is 0 Å². The fourth-order valence-electron chi connectivity index (χ4n) is 4.16. The third-order valence-corrected chi connectivity index (χ3v) is 5.70. The van der Waals surface area contributed by atoms with Crippen LogP contribution in [0.2, 0.25) is 0 Å². The fourth-order valence-corrected chi connectivity index (χ4v) is 4.16. The highest BCUT2D eigenvalue weighted by molar-refractivity contribution is 5.80. The molecular weight excluding hydrogens is 408 g/mol. The second kappa shape index (κ2) is 10.3. The number of hydrogen-bond donors (Lipinski definition) is 2. The van der Waals surface area contributed by atoms with Crippen LogP contribution in [0.25, 0.3) is 11.1 Å². The van der Waals surface area contributed by atoms with Crippen molar-refractivity contribution in [1.29, 1.82) is 0 Å². The number of carboxylic acids is 1. The van der Waals surface area contributed by atoms with E-state index in [2.05, 4.69) is 29.6 Å². The van der Waals surface area contributed by atoms with Crippen LogP contribution < -0.4 is 5.32 Å². The van der Waals surface area contributed by atoms with Crippen molar-refractivity contribution in [2.75, 3.05) is 13.2 Å². The van der Waals surface area contributed by atoms with Crippen LogP contribution in [0.3, 0.4) is 0 Å². The third-order valence-electron chi connectivity index (χ3n) is 5.70. The van der Waals surface area contributed by atoms with E-state index in [4.69, 9.17) is 9.84 Å². The molecule has 1 atom stereocenters. The van der Waals surface area contributed by atoms with Crippen LogP contribution in [0, 0.1) is 0 Å². The fraction of sp³-hybridized carbons (Fsp3) is 0.400. The second-order valence-corrected chi connectivity index (χ2v) is 8.40. The zero-order chi connectivity index (χ0) is 23.3. The van der Waals surface area contributed by atoms with E-state index in [1.54, 1.807) is 6.92 Å². The monoisotopic (exact) mass is 438 g/mol. The van der Waals surface area contributed by atoms with Gasteiger partial charge in [0.2, 0.25) is 5.91 Å². The van der Waals surface area contributed by atoms with Crippen molar-refractivity contribution in [3.63, 3.8) is 0 Å². The molecule has 32 heavy (non-hydrogen) atoms. The van der Waals surface area contributed by atoms with Crippen molar-refractivity contribution in [1.82, 2.24) is 10.2 Å². The normalized spacial score (nSPS) is 13.2. The standard InChI is InChI=1S/C25H30N2O5/c1-16(2)27(13-12-24(29)30)23(28)14-17(3)26-25(31)32-15-22-20-10-6-4-8-18(20)19-9-5-7-11-21(19)22/h4-11,16-17,22H,12-15H2,1-3H3,(H,26,31)(H,29,30)/t17-/m0/s1. The lowest BCUT2D eigenvalue weighted by atomic mass is 9.98. The Kier molecular flexibility index (Phi) is 7.51. The van der Waals surface area contributed by atoms with E-state index < -0.39 is 18.1 Å². The summed E-state index contributed by atoms with van der Waals surface area (Å²) < 4.78 is 5.53. The molecule has 0 unspecified atom stereocenters. The van der Waals surface area contributed by atoms with Crippen molar-refractivity contribution in [3.8, 4) is 11.1 Å². The van der Waals surface area contributed by atoms with Gasteiger partial charge >= 0.3 is 12.1 Å². The molecule has 170 valence electrons. The van der Waals surface area contributed by atoms with Gasteiger partial charge in [-0.25, -0.2) is 4.79 Å². The molecule has 0 spiro atoms. The van der Waals surface area contributed by atoms with Crippen molar-refractivity contribution in [2.45, 2.75) is 51.6 Å². The van der Waals surface area contributed by atoms with Crippen LogP contribution in [-0.2, 0) is 14.3 Å². The minimum Gasteiger partial charge on any atom is -0.481 e. The van der Waals surface area contributed by atoms with Gasteiger partial charge in [0.05, 0.1) is 6.42 Å². The quantitative estimate of drug-likeness (QED) is 0.617. The first-order chi connectivity index (χ1) is 15.3. The van der Waals surface area contributed by atoms with Gasteiger partial charge in [0.25, 0.3) is 0 Å². The number of carbonyl (C=O) groups excluding carboxylic acids is 2. The number of alkyl carbamates (subject to hydrolysis) is 1. The van der Waals surface area contributed by atoms with E-state index in [9.17, 15) is 14.4 Å². The molecule has 1 aliphatic rings. The summed E-state index contributed by atoms with van der Waals surface area (Å²) in [6.07, 6.45) is -0.617. The Morgan fingerprint density at radius 2 is 1.56 bits per heavy atom. The third kappa shape index (κ3) is 5.46. The highest BCUT2D eigenvalue weighted by Gasteiger charge is 2.29. The number of carboxylic acid groups (broad SMARTS) is 1. The van der Waals surface area contributed by atoms with Gasteiger partial charge in [0, 0.05) is 31.0 Å². The van der Waals surface area contributed by atoms with E-state index in [0.717, 1.165) is 22.3 Å². The largest absolute Gasteiger partial charge is 0.481 e. The van der Waals surface area contributed by atoms with Crippen molar-refractivity contribution in [2.24, 2.45) is 0 Å². The molecular formula is C25H30N2O5. The van der Waals surface area contributed by atoms with Gasteiger partial charge in [-0.1, -0.05) is 48.5 Å². The topological polar surface area (TPSA) is 95.9 Å². The molecule has 0 saturated heterocycles. The maximum Gasteiger partial charge on any atom is 0.407 e. The molecule has 2 amide bonds. The molecule has 0 radical (unpaired) electrons. The predicted octanol–water partition coefficient (Wildman–Crippen LogP) is 4.02. The number of ether oxygens (including phenoxy) is 1. The Morgan fingerprint density at radius 3 is 2.09 bits per heavy atom. The SMILES string of the molecule is CC(C)N(CCC(=O)O)C(=O)C[C@H](C)NC(=O)OCC1c2ccccc2-c2ccccc21. The first kappa shape index (κ1) is 23.3. The number of aliphatic carboxylic acids is 1. The van der Waals surface area contributed by atoms with Crippen LogP contribution in [0.15, 0.2) is 48.5 Å². The van der Waals surface area contributed by atoms with E-state index in [0.29, 0.717) is 0 Å². The lowest BCUT2D eigenvalue weighted by molar-refractivity contribution is -0.139. The van der Waals surface area contributed by atoms with E-state index in [-0.39, 0.29) is 43.9 Å². The van der Waals surface area contributed by atoms with Gasteiger partial charge in [0.15, 0.2) is 0 Å². The molecule has 0 aliphatic heterocycles. The van der Waals surface area contributed by atoms with Crippen molar-refractivity contribution >= 4 is 18.0 Å². The summed E-state index contributed by atoms with van der Waals surface area (Å²) in [4.78, 5) is 37.3. The number of carbonyl (C=O) groups is 3. The maximum absolute atomic E-state index is 12.6. The van der Waals surface area contributed by atoms with Gasteiger partial charge in [-0.05, 0) is 43.0 Å². The van der Waals surface area contributed by atoms with Gasteiger partial charge in [0.1, 0.15) is 6.61 Å². The highest BCUT2D eigenvalue weighted by atomic mass is 16.5. The first-order valence-corrected chi connectivity index (χ1v) is 10.9. The van der Waals surface area contributed by atoms with Crippen LogP contribution in [0.1, 0.15) is 50.7 Å². The molecule has 2 N–H and O–H groups in total. The summed E-state index contributed by atoms with van der Waals surface area (Å²) in [7, 11) is 0. The molecule has 7 heteroatoms. The van der Waals surface area contributed by atoms with Gasteiger partial charge in [-0.3, -0.25) is 9.59 Å². The predicted molar refractivity (Wildman–Crippen MR) is 121 cm³/mol. The Bertz CT molecular complexity index is 942. The summed E-state index contributed by atoms with van der Waals surface area (Å²) in [5, 5.41) is 11.6. The Balaban J connectivity index is 1.55. The van der Waals surface area contributed by atoms with Crippen LogP contribution in [0.5, 0.6) is 0 Å². The lowest BCUT2D eigenvalue weighted by Crippen LogP contribution is -2.43. The molecule has 2 aromatic carbocycles. The zero-order valence-corrected chi connectivity index (χ0v) is 18.7. The summed E-state index contributed by atoms with van der Waals surface area (Å²) in [6.45, 7) is 5.75. The average molecular weight is 439 g/mol. The molecule has 0 heterocycles. The number of amides is 2. The van der Waals surface area contributed by atoms with E-state index in [1.807, 2.05) is 38.1 Å². The zero-order valence-electron chi connectivity index (χ0n) is 18.7. The molecule has 0 bridgehead atoms. The number of rotatable bonds is 9. The lowest BCUT2D eigenvalue weighted by Gasteiger charge is -2.27. The molecule has 0 fully saturated rings. The smallest absolute Gasteiger partial charge is 0.407 e. The molecule has 0 saturated carbocycles. The van der Waals surface area contributed by atoms with Crippen LogP contribution >= 0.6 is 0 Å². The number of hydrogen-bond acceptors (Lipinski definition) is 4. The summed E-state index contributed by atoms with van der Waals surface area (Å²) in [5.74, 6) is -1.18. The summed E-state index contributed by atoms with van der Waals surface area (Å²) in [6, 6.07) is 15.7. The Hall–Kier alpha value is -3.35. The first-order valence-electron chi connectivity index (χ1n) is 10.9. The number of benzene rings is 2. The van der Waals surface area contributed by atoms with E-state index >= 15 is 0 Å². The van der Waals surface area contributed by atoms with Crippen molar-refractivity contribution < 1.29 is 24.2 Å². The van der Waals surface area contributed by atoms with Gasteiger partial charge < -0.3 is 20.1 Å². The Labute approximate surface area is 188 Å². The molecule has 2 aromatic rings. The molecule has 3 rings (SSSR count). The van der Waals surface area contributed by atoms with Gasteiger partial charge in [-0.15, -0.1) is 0 Å². The number of fused-ring (bicyclic) bond motifs is 3. The minimum absolute atomic E-state index is 0.0301. The van der Waals surface area contributed by atoms with Crippen molar-refractivity contribution in [3.05, 3.63) is 59.7 Å². The van der Waals surface area contributed by atoms with Crippen LogP contribution in [-0.4, -0.2) is 53.2 Å². The molecule has 7 nitrogen and oxygen atoms in total. The minimum atomic E-state index is -0.951. The highest BCUT2D eigenvalue weighted by Crippen LogP contribution is 2.44. The number of nitrogens with one attached hydrogen (secondary N) is 1. The van der Waals surface area contributed by atoms with E-state index in [1.165, 1.54) is 4.90 Å². The Morgan fingerprint density at radius 1 is 1.00 bits per heavy atom. The van der Waals surface area contributed by atoms with Crippen LogP contribution in [0.4, 0.5) is 4.79 Å². The summed E-state index contributed by atoms with van der Waals surface area (Å²) in [5.41, 5.74) is 4.59.